The molecule has 1 aliphatic rings. The first-order valence-electron chi connectivity index (χ1n) is 5.21. The highest BCUT2D eigenvalue weighted by molar-refractivity contribution is 5.93. The summed E-state index contributed by atoms with van der Waals surface area (Å²) in [6.07, 6.45) is 0.369. The molecule has 1 aromatic carbocycles. The Kier molecular flexibility index (Phi) is 3.26. The summed E-state index contributed by atoms with van der Waals surface area (Å²) in [5.74, 6) is 0.637. The number of rotatable bonds is 3. The van der Waals surface area contributed by atoms with E-state index in [1.54, 1.807) is 12.1 Å². The molecule has 0 saturated heterocycles. The minimum Gasteiger partial charge on any atom is -0.491 e. The Morgan fingerprint density at radius 3 is 3.19 bits per heavy atom. The average Bonchev–Trinajstić information content (AvgIpc) is 2.46. The van der Waals surface area contributed by atoms with Gasteiger partial charge in [0.15, 0.2) is 0 Å². The number of hydrogen-bond acceptors (Lipinski definition) is 4. The van der Waals surface area contributed by atoms with Crippen LogP contribution in [0, 0.1) is 0 Å². The number of benzene rings is 1. The minimum absolute atomic E-state index is 0.0435. The maximum atomic E-state index is 11.3. The molecule has 0 radical (unpaired) electrons. The number of hydrogen-bond donors (Lipinski definition) is 3. The van der Waals surface area contributed by atoms with E-state index in [0.29, 0.717) is 31.0 Å². The van der Waals surface area contributed by atoms with Crippen molar-refractivity contribution < 1.29 is 14.6 Å². The Morgan fingerprint density at radius 2 is 2.38 bits per heavy atom. The molecular weight excluding hydrogens is 208 g/mol. The van der Waals surface area contributed by atoms with Crippen molar-refractivity contribution in [2.24, 2.45) is 0 Å². The van der Waals surface area contributed by atoms with Crippen LogP contribution in [0.15, 0.2) is 18.2 Å². The van der Waals surface area contributed by atoms with Gasteiger partial charge in [-0.15, -0.1) is 0 Å². The molecule has 0 atom stereocenters. The molecule has 0 bridgehead atoms. The maximum Gasteiger partial charge on any atom is 0.227 e. The lowest BCUT2D eigenvalue weighted by atomic mass is 10.2. The molecule has 0 fully saturated rings. The van der Waals surface area contributed by atoms with Gasteiger partial charge >= 0.3 is 0 Å². The highest BCUT2D eigenvalue weighted by Gasteiger charge is 2.13. The fourth-order valence-electron chi connectivity index (χ4n) is 1.53. The predicted molar refractivity (Wildman–Crippen MR) is 60.8 cm³/mol. The van der Waals surface area contributed by atoms with E-state index in [-0.39, 0.29) is 12.5 Å². The monoisotopic (exact) mass is 222 g/mol. The summed E-state index contributed by atoms with van der Waals surface area (Å²) in [6.45, 7) is 0.954. The molecule has 1 aromatic rings. The molecule has 16 heavy (non-hydrogen) atoms. The Labute approximate surface area is 93.4 Å². The zero-order valence-electron chi connectivity index (χ0n) is 8.82. The van der Waals surface area contributed by atoms with Crippen LogP contribution in [0.25, 0.3) is 0 Å². The lowest BCUT2D eigenvalue weighted by Crippen LogP contribution is -2.11. The van der Waals surface area contributed by atoms with E-state index in [0.717, 1.165) is 5.69 Å². The van der Waals surface area contributed by atoms with Gasteiger partial charge in [-0.25, -0.2) is 0 Å². The Bertz CT molecular complexity index is 393. The molecule has 0 unspecified atom stereocenters. The smallest absolute Gasteiger partial charge is 0.227 e. The molecule has 0 saturated carbocycles. The van der Waals surface area contributed by atoms with Crippen LogP contribution < -0.4 is 15.4 Å². The molecule has 1 heterocycles. The third-order valence-electron chi connectivity index (χ3n) is 2.28. The van der Waals surface area contributed by atoms with Crippen molar-refractivity contribution >= 4 is 17.3 Å². The van der Waals surface area contributed by atoms with E-state index >= 15 is 0 Å². The third-order valence-corrected chi connectivity index (χ3v) is 2.28. The molecule has 0 spiro atoms. The molecular formula is C11H14N2O3. The summed E-state index contributed by atoms with van der Waals surface area (Å²) < 4.78 is 5.42. The summed E-state index contributed by atoms with van der Waals surface area (Å²) in [6, 6.07) is 5.46. The van der Waals surface area contributed by atoms with Gasteiger partial charge in [-0.05, 0) is 18.2 Å². The highest BCUT2D eigenvalue weighted by atomic mass is 16.5. The molecule has 3 N–H and O–H groups in total. The lowest BCUT2D eigenvalue weighted by Gasteiger charge is -2.10. The zero-order chi connectivity index (χ0) is 11.4. The second-order valence-electron chi connectivity index (χ2n) is 3.51. The van der Waals surface area contributed by atoms with Crippen molar-refractivity contribution in [1.82, 2.24) is 0 Å². The van der Waals surface area contributed by atoms with Gasteiger partial charge in [0.25, 0.3) is 0 Å². The first-order chi connectivity index (χ1) is 7.79. The van der Waals surface area contributed by atoms with Crippen LogP contribution in [-0.2, 0) is 4.79 Å². The van der Waals surface area contributed by atoms with Gasteiger partial charge in [0.05, 0.1) is 25.3 Å². The van der Waals surface area contributed by atoms with Crippen LogP contribution in [0.3, 0.4) is 0 Å². The lowest BCUT2D eigenvalue weighted by molar-refractivity contribution is -0.116. The summed E-state index contributed by atoms with van der Waals surface area (Å²) in [5.41, 5.74) is 1.52. The number of carbonyl (C=O) groups excluding carboxylic acids is 1. The van der Waals surface area contributed by atoms with E-state index in [1.807, 2.05) is 6.07 Å². The summed E-state index contributed by atoms with van der Waals surface area (Å²) in [7, 11) is 0. The van der Waals surface area contributed by atoms with Gasteiger partial charge in [-0.3, -0.25) is 4.79 Å². The largest absolute Gasteiger partial charge is 0.491 e. The van der Waals surface area contributed by atoms with Gasteiger partial charge in [-0.1, -0.05) is 0 Å². The highest BCUT2D eigenvalue weighted by Crippen LogP contribution is 2.29. The number of aliphatic hydroxyl groups excluding tert-OH is 1. The van der Waals surface area contributed by atoms with Crippen LogP contribution in [0.2, 0.25) is 0 Å². The van der Waals surface area contributed by atoms with Crippen molar-refractivity contribution in [2.45, 2.75) is 6.42 Å². The normalized spacial score (nSPS) is 14.4. The third kappa shape index (κ3) is 2.43. The fourth-order valence-corrected chi connectivity index (χ4v) is 1.53. The van der Waals surface area contributed by atoms with E-state index in [9.17, 15) is 4.79 Å². The number of amides is 1. The van der Waals surface area contributed by atoms with Crippen LogP contribution in [0.4, 0.5) is 11.4 Å². The Balaban J connectivity index is 2.19. The van der Waals surface area contributed by atoms with Gasteiger partial charge in [0.2, 0.25) is 5.91 Å². The summed E-state index contributed by atoms with van der Waals surface area (Å²) >= 11 is 0. The molecule has 86 valence electrons. The van der Waals surface area contributed by atoms with Gasteiger partial charge in [0.1, 0.15) is 5.75 Å². The van der Waals surface area contributed by atoms with E-state index in [4.69, 9.17) is 9.84 Å². The van der Waals surface area contributed by atoms with Crippen molar-refractivity contribution in [2.75, 3.05) is 30.4 Å². The maximum absolute atomic E-state index is 11.3. The number of anilines is 2. The zero-order valence-corrected chi connectivity index (χ0v) is 8.82. The molecule has 1 aliphatic heterocycles. The first-order valence-corrected chi connectivity index (χ1v) is 5.21. The van der Waals surface area contributed by atoms with Crippen molar-refractivity contribution in [3.05, 3.63) is 18.2 Å². The number of carbonyl (C=O) groups is 1. The predicted octanol–water partition coefficient (Wildman–Crippen LogP) is 0.812. The van der Waals surface area contributed by atoms with Gasteiger partial charge < -0.3 is 20.5 Å². The van der Waals surface area contributed by atoms with Gasteiger partial charge in [0, 0.05) is 12.2 Å². The van der Waals surface area contributed by atoms with Gasteiger partial charge in [-0.2, -0.15) is 0 Å². The molecule has 0 aromatic heterocycles. The van der Waals surface area contributed by atoms with E-state index in [2.05, 4.69) is 10.6 Å². The first kappa shape index (κ1) is 10.8. The molecule has 0 aliphatic carbocycles. The quantitative estimate of drug-likeness (QED) is 0.708. The van der Waals surface area contributed by atoms with Crippen LogP contribution in [0.1, 0.15) is 6.42 Å². The van der Waals surface area contributed by atoms with Crippen molar-refractivity contribution in [3.8, 4) is 5.75 Å². The van der Waals surface area contributed by atoms with E-state index < -0.39 is 0 Å². The minimum atomic E-state index is -0.0435. The molecule has 2 rings (SSSR count). The topological polar surface area (TPSA) is 70.6 Å². The number of fused-ring (bicyclic) bond motifs is 1. The van der Waals surface area contributed by atoms with Crippen LogP contribution >= 0.6 is 0 Å². The number of ether oxygens (including phenoxy) is 1. The molecule has 5 heteroatoms. The fraction of sp³-hybridized carbons (Fsp3) is 0.364. The molecule has 1 amide bonds. The average molecular weight is 222 g/mol. The van der Waals surface area contributed by atoms with Crippen molar-refractivity contribution in [1.29, 1.82) is 0 Å². The number of nitrogens with one attached hydrogen (secondary N) is 2. The second kappa shape index (κ2) is 4.85. The van der Waals surface area contributed by atoms with E-state index in [1.165, 1.54) is 0 Å². The Morgan fingerprint density at radius 1 is 1.50 bits per heavy atom. The number of aliphatic hydroxyl groups is 1. The standard InChI is InChI=1S/C11H14N2O3/c14-5-4-12-8-1-2-10-9(7-8)13-11(15)3-6-16-10/h1-2,7,12,14H,3-6H2,(H,13,15). The Hall–Kier alpha value is -1.75. The second-order valence-corrected chi connectivity index (χ2v) is 3.51. The molecule has 5 nitrogen and oxygen atoms in total. The summed E-state index contributed by atoms with van der Waals surface area (Å²) in [4.78, 5) is 11.3. The van der Waals surface area contributed by atoms with Crippen LogP contribution in [0.5, 0.6) is 5.75 Å². The SMILES string of the molecule is O=C1CCOc2ccc(NCCO)cc2N1. The van der Waals surface area contributed by atoms with Crippen LogP contribution in [-0.4, -0.2) is 30.8 Å². The van der Waals surface area contributed by atoms with Crippen molar-refractivity contribution in [3.63, 3.8) is 0 Å². The summed E-state index contributed by atoms with van der Waals surface area (Å²) in [5, 5.41) is 14.5.